The van der Waals surface area contributed by atoms with Crippen LogP contribution in [0.1, 0.15) is 55.3 Å². The molecule has 2 N–H and O–H groups in total. The summed E-state index contributed by atoms with van der Waals surface area (Å²) in [5.41, 5.74) is -1.02. The summed E-state index contributed by atoms with van der Waals surface area (Å²) in [5, 5.41) is 18.7. The zero-order valence-electron chi connectivity index (χ0n) is 17.6. The highest BCUT2D eigenvalue weighted by Gasteiger charge is 2.22. The van der Waals surface area contributed by atoms with E-state index in [1.807, 2.05) is 0 Å². The van der Waals surface area contributed by atoms with Crippen LogP contribution in [-0.2, 0) is 14.2 Å². The molecule has 0 aliphatic rings. The van der Waals surface area contributed by atoms with Crippen molar-refractivity contribution in [2.24, 2.45) is 0 Å². The Morgan fingerprint density at radius 2 is 1.34 bits per heavy atom. The van der Waals surface area contributed by atoms with Crippen molar-refractivity contribution < 1.29 is 48.3 Å². The molecule has 0 heterocycles. The number of hydrogen-bond acceptors (Lipinski definition) is 8. The molecule has 0 aliphatic heterocycles. The maximum absolute atomic E-state index is 12.5. The fourth-order valence-corrected chi connectivity index (χ4v) is 2.74. The molecular weight excluding hydrogens is 424 g/mol. The van der Waals surface area contributed by atoms with Crippen LogP contribution in [0.25, 0.3) is 0 Å². The van der Waals surface area contributed by atoms with Crippen LogP contribution in [0.15, 0.2) is 36.4 Å². The Morgan fingerprint density at radius 1 is 0.844 bits per heavy atom. The molecule has 2 aromatic carbocycles. The van der Waals surface area contributed by atoms with Gasteiger partial charge in [0.25, 0.3) is 0 Å². The first-order chi connectivity index (χ1) is 15.2. The number of benzene rings is 2. The van der Waals surface area contributed by atoms with Crippen LogP contribution in [0.3, 0.4) is 0 Å². The first-order valence-corrected chi connectivity index (χ1v) is 9.47. The van der Waals surface area contributed by atoms with Gasteiger partial charge in [-0.2, -0.15) is 0 Å². The van der Waals surface area contributed by atoms with Crippen molar-refractivity contribution in [1.29, 1.82) is 0 Å². The Balaban J connectivity index is 2.39. The predicted octanol–water partition coefficient (Wildman–Crippen LogP) is 3.24. The number of aromatic carboxylic acids is 2. The number of carbonyl (C=O) groups is 4. The molecule has 0 fully saturated rings. The van der Waals surface area contributed by atoms with Gasteiger partial charge in [0, 0.05) is 7.11 Å². The lowest BCUT2D eigenvalue weighted by Gasteiger charge is -2.15. The second-order valence-corrected chi connectivity index (χ2v) is 6.52. The Kier molecular flexibility index (Phi) is 8.31. The minimum absolute atomic E-state index is 0.0482. The molecule has 0 aromatic heterocycles. The second-order valence-electron chi connectivity index (χ2n) is 6.52. The topological polar surface area (TPSA) is 146 Å². The molecule has 0 bridgehead atoms. The number of rotatable bonds is 10. The maximum atomic E-state index is 12.5. The van der Waals surface area contributed by atoms with Gasteiger partial charge in [-0.1, -0.05) is 0 Å². The minimum Gasteiger partial charge on any atom is -0.478 e. The molecule has 2 rings (SSSR count). The van der Waals surface area contributed by atoms with E-state index in [0.717, 1.165) is 0 Å². The van der Waals surface area contributed by atoms with Crippen LogP contribution in [0.4, 0.5) is 0 Å². The molecule has 10 heteroatoms. The third-order valence-electron chi connectivity index (χ3n) is 4.10. The molecule has 2 aromatic rings. The highest BCUT2D eigenvalue weighted by molar-refractivity contribution is 6.03. The monoisotopic (exact) mass is 446 g/mol. The van der Waals surface area contributed by atoms with E-state index in [9.17, 15) is 29.4 Å². The predicted molar refractivity (Wildman–Crippen MR) is 110 cm³/mol. The highest BCUT2D eigenvalue weighted by atomic mass is 16.6. The molecule has 1 atom stereocenters. The lowest BCUT2D eigenvalue weighted by atomic mass is 10.1. The molecule has 10 nitrogen and oxygen atoms in total. The lowest BCUT2D eigenvalue weighted by Crippen LogP contribution is -2.21. The van der Waals surface area contributed by atoms with E-state index in [4.69, 9.17) is 18.9 Å². The second kappa shape index (κ2) is 10.9. The fraction of sp³-hybridized carbons (Fsp3) is 0.273. The Hall–Kier alpha value is -3.92. The van der Waals surface area contributed by atoms with Gasteiger partial charge < -0.3 is 29.2 Å². The third kappa shape index (κ3) is 6.05. The molecule has 0 radical (unpaired) electrons. The number of esters is 2. The smallest absolute Gasteiger partial charge is 0.339 e. The van der Waals surface area contributed by atoms with E-state index >= 15 is 0 Å². The molecule has 0 aliphatic carbocycles. The van der Waals surface area contributed by atoms with Gasteiger partial charge >= 0.3 is 23.9 Å². The summed E-state index contributed by atoms with van der Waals surface area (Å²) in [5.74, 6) is -4.23. The molecular formula is C22H22O10. The quantitative estimate of drug-likeness (QED) is 0.521. The van der Waals surface area contributed by atoms with Gasteiger partial charge in [0.2, 0.25) is 0 Å². The molecule has 0 saturated carbocycles. The minimum atomic E-state index is -1.33. The summed E-state index contributed by atoms with van der Waals surface area (Å²) >= 11 is 0. The summed E-state index contributed by atoms with van der Waals surface area (Å²) in [6, 6.07) is 7.35. The molecule has 170 valence electrons. The van der Waals surface area contributed by atoms with Gasteiger partial charge in [0.15, 0.2) is 0 Å². The van der Waals surface area contributed by atoms with Crippen LogP contribution < -0.4 is 4.74 Å². The van der Waals surface area contributed by atoms with Gasteiger partial charge in [-0.3, -0.25) is 0 Å². The van der Waals surface area contributed by atoms with Crippen molar-refractivity contribution in [3.8, 4) is 11.5 Å². The fourth-order valence-electron chi connectivity index (χ4n) is 2.74. The van der Waals surface area contributed by atoms with Crippen molar-refractivity contribution in [2.45, 2.75) is 20.0 Å². The first-order valence-electron chi connectivity index (χ1n) is 9.47. The summed E-state index contributed by atoms with van der Waals surface area (Å²) in [6.45, 7) is 3.34. The zero-order valence-corrected chi connectivity index (χ0v) is 17.6. The highest BCUT2D eigenvalue weighted by Crippen LogP contribution is 2.27. The maximum Gasteiger partial charge on any atom is 0.339 e. The van der Waals surface area contributed by atoms with E-state index in [1.165, 1.54) is 43.5 Å². The Bertz CT molecular complexity index is 1030. The standard InChI is InChI=1S/C22H22O10/c1-4-30-21(27)17-9-13(5-7-15(17)19(23)24)32-14-6-8-16(20(25)26)18(10-14)22(28)31-12(2)11-29-3/h5-10,12H,4,11H2,1-3H3,(H,23,24)(H,25,26). The van der Waals surface area contributed by atoms with Crippen molar-refractivity contribution in [3.63, 3.8) is 0 Å². The number of ether oxygens (including phenoxy) is 4. The van der Waals surface area contributed by atoms with Crippen LogP contribution in [0.2, 0.25) is 0 Å². The van der Waals surface area contributed by atoms with Crippen LogP contribution in [0, 0.1) is 0 Å². The average molecular weight is 446 g/mol. The van der Waals surface area contributed by atoms with Gasteiger partial charge in [-0.15, -0.1) is 0 Å². The number of methoxy groups -OCH3 is 1. The molecule has 32 heavy (non-hydrogen) atoms. The van der Waals surface area contributed by atoms with Crippen LogP contribution >= 0.6 is 0 Å². The molecule has 0 saturated heterocycles. The van der Waals surface area contributed by atoms with Crippen LogP contribution in [0.5, 0.6) is 11.5 Å². The summed E-state index contributed by atoms with van der Waals surface area (Å²) in [6.07, 6.45) is -0.616. The molecule has 0 spiro atoms. The van der Waals surface area contributed by atoms with E-state index in [1.54, 1.807) is 13.8 Å². The van der Waals surface area contributed by atoms with Crippen molar-refractivity contribution in [1.82, 2.24) is 0 Å². The van der Waals surface area contributed by atoms with E-state index in [2.05, 4.69) is 0 Å². The third-order valence-corrected chi connectivity index (χ3v) is 4.10. The van der Waals surface area contributed by atoms with Crippen molar-refractivity contribution in [2.75, 3.05) is 20.3 Å². The first kappa shape index (κ1) is 24.4. The van der Waals surface area contributed by atoms with Crippen molar-refractivity contribution in [3.05, 3.63) is 58.7 Å². The number of hydrogen-bond donors (Lipinski definition) is 2. The van der Waals surface area contributed by atoms with Gasteiger partial charge in [-0.25, -0.2) is 19.2 Å². The number of carboxylic acids is 2. The number of carbonyl (C=O) groups excluding carboxylic acids is 2. The summed E-state index contributed by atoms with van der Waals surface area (Å²) in [4.78, 5) is 47.5. The van der Waals surface area contributed by atoms with Gasteiger partial charge in [-0.05, 0) is 50.2 Å². The Morgan fingerprint density at radius 3 is 1.78 bits per heavy atom. The number of carboxylic acid groups (broad SMARTS) is 2. The Labute approximate surface area is 183 Å². The normalized spacial score (nSPS) is 11.3. The van der Waals surface area contributed by atoms with Crippen LogP contribution in [-0.4, -0.2) is 60.5 Å². The lowest BCUT2D eigenvalue weighted by molar-refractivity contribution is 0.0116. The zero-order chi connectivity index (χ0) is 23.8. The van der Waals surface area contributed by atoms with E-state index in [-0.39, 0.29) is 47.0 Å². The summed E-state index contributed by atoms with van der Waals surface area (Å²) in [7, 11) is 1.43. The molecule has 0 amide bonds. The van der Waals surface area contributed by atoms with Crippen molar-refractivity contribution >= 4 is 23.9 Å². The largest absolute Gasteiger partial charge is 0.478 e. The molecule has 1 unspecified atom stereocenters. The van der Waals surface area contributed by atoms with E-state index in [0.29, 0.717) is 0 Å². The van der Waals surface area contributed by atoms with E-state index < -0.39 is 30.0 Å². The average Bonchev–Trinajstić information content (AvgIpc) is 2.73. The SMILES string of the molecule is CCOC(=O)c1cc(Oc2ccc(C(=O)O)c(C(=O)OC(C)COC)c2)ccc1C(=O)O. The summed E-state index contributed by atoms with van der Waals surface area (Å²) < 4.78 is 20.6. The van der Waals surface area contributed by atoms with Gasteiger partial charge in [0.05, 0.1) is 35.5 Å². The van der Waals surface area contributed by atoms with Gasteiger partial charge in [0.1, 0.15) is 17.6 Å².